The van der Waals surface area contributed by atoms with Crippen molar-refractivity contribution in [2.24, 2.45) is 11.8 Å². The zero-order chi connectivity index (χ0) is 14.8. The van der Waals surface area contributed by atoms with E-state index in [2.05, 4.69) is 16.5 Å². The van der Waals surface area contributed by atoms with Crippen molar-refractivity contribution < 1.29 is 4.74 Å². The zero-order valence-corrected chi connectivity index (χ0v) is 12.2. The summed E-state index contributed by atoms with van der Waals surface area (Å²) in [6.45, 7) is 0.567. The summed E-state index contributed by atoms with van der Waals surface area (Å²) in [4.78, 5) is 4.10. The van der Waals surface area contributed by atoms with Crippen LogP contribution in [0.15, 0.2) is 36.5 Å². The van der Waals surface area contributed by atoms with Gasteiger partial charge in [0.1, 0.15) is 11.6 Å². The Bertz CT molecular complexity index is 649. The van der Waals surface area contributed by atoms with Crippen LogP contribution in [0.25, 0.3) is 0 Å². The van der Waals surface area contributed by atoms with Crippen molar-refractivity contribution in [3.05, 3.63) is 52.7 Å². The first-order valence-corrected chi connectivity index (χ1v) is 7.14. The standard InChI is InChI=1S/C15H17ClN4O/c16-11-6-12(15(17)19-7-11)14(20-18)10-5-9-3-1-2-4-13(9)21-8-10/h1-4,6-7,10,14,20H,5,8,18H2,(H2,17,19). The number of halogens is 1. The van der Waals surface area contributed by atoms with Gasteiger partial charge in [0.2, 0.25) is 0 Å². The second kappa shape index (κ2) is 5.89. The molecule has 0 radical (unpaired) electrons. The molecule has 1 aliphatic rings. The first-order valence-electron chi connectivity index (χ1n) is 6.77. The smallest absolute Gasteiger partial charge is 0.128 e. The second-order valence-electron chi connectivity index (χ2n) is 5.16. The molecule has 2 aromatic rings. The Balaban J connectivity index is 1.90. The lowest BCUT2D eigenvalue weighted by Gasteiger charge is -2.31. The topological polar surface area (TPSA) is 86.2 Å². The van der Waals surface area contributed by atoms with Crippen LogP contribution < -0.4 is 21.7 Å². The Morgan fingerprint density at radius 2 is 2.19 bits per heavy atom. The lowest BCUT2D eigenvalue weighted by molar-refractivity contribution is 0.185. The molecule has 1 aromatic carbocycles. The summed E-state index contributed by atoms with van der Waals surface area (Å²) < 4.78 is 5.82. The van der Waals surface area contributed by atoms with Gasteiger partial charge >= 0.3 is 0 Å². The van der Waals surface area contributed by atoms with Crippen LogP contribution in [0.2, 0.25) is 5.02 Å². The fraction of sp³-hybridized carbons (Fsp3) is 0.267. The first-order chi connectivity index (χ1) is 10.2. The van der Waals surface area contributed by atoms with Crippen molar-refractivity contribution >= 4 is 17.4 Å². The van der Waals surface area contributed by atoms with E-state index in [1.165, 1.54) is 11.8 Å². The number of nitrogens with one attached hydrogen (secondary N) is 1. The van der Waals surface area contributed by atoms with Gasteiger partial charge < -0.3 is 10.5 Å². The Morgan fingerprint density at radius 1 is 1.38 bits per heavy atom. The molecule has 2 atom stereocenters. The number of aromatic nitrogens is 1. The molecule has 0 fully saturated rings. The summed E-state index contributed by atoms with van der Waals surface area (Å²) in [6.07, 6.45) is 2.39. The summed E-state index contributed by atoms with van der Waals surface area (Å²) >= 11 is 6.02. The maximum atomic E-state index is 6.02. The number of pyridine rings is 1. The van der Waals surface area contributed by atoms with Crippen LogP contribution in [0.5, 0.6) is 5.75 Å². The normalized spacial score (nSPS) is 18.7. The predicted molar refractivity (Wildman–Crippen MR) is 82.9 cm³/mol. The van der Waals surface area contributed by atoms with Gasteiger partial charge in [-0.2, -0.15) is 0 Å². The molecule has 1 aromatic heterocycles. The molecule has 1 aliphatic heterocycles. The maximum absolute atomic E-state index is 6.02. The Morgan fingerprint density at radius 3 is 3.00 bits per heavy atom. The number of hydrogen-bond acceptors (Lipinski definition) is 5. The quantitative estimate of drug-likeness (QED) is 0.597. The van der Waals surface area contributed by atoms with Crippen LogP contribution in [0.3, 0.4) is 0 Å². The van der Waals surface area contributed by atoms with Crippen molar-refractivity contribution in [2.75, 3.05) is 12.3 Å². The number of anilines is 1. The lowest BCUT2D eigenvalue weighted by atomic mass is 9.87. The number of benzene rings is 1. The van der Waals surface area contributed by atoms with Gasteiger partial charge in [-0.3, -0.25) is 11.3 Å². The van der Waals surface area contributed by atoms with Gasteiger partial charge in [0.05, 0.1) is 17.7 Å². The number of hydrogen-bond donors (Lipinski definition) is 3. The zero-order valence-electron chi connectivity index (χ0n) is 11.4. The predicted octanol–water partition coefficient (Wildman–Crippen LogP) is 2.07. The number of para-hydroxylation sites is 1. The maximum Gasteiger partial charge on any atom is 0.128 e. The lowest BCUT2D eigenvalue weighted by Crippen LogP contribution is -2.39. The second-order valence-corrected chi connectivity index (χ2v) is 5.59. The van der Waals surface area contributed by atoms with E-state index in [1.54, 1.807) is 6.07 Å². The minimum absolute atomic E-state index is 0.160. The molecule has 6 heteroatoms. The fourth-order valence-electron chi connectivity index (χ4n) is 2.76. The molecule has 3 rings (SSSR count). The molecule has 0 saturated heterocycles. The molecule has 0 spiro atoms. The molecule has 21 heavy (non-hydrogen) atoms. The number of nitrogens with two attached hydrogens (primary N) is 2. The third-order valence-corrected chi connectivity index (χ3v) is 4.02. The van der Waals surface area contributed by atoms with E-state index >= 15 is 0 Å². The third kappa shape index (κ3) is 2.81. The number of nitrogen functional groups attached to an aromatic ring is 1. The number of hydrazine groups is 1. The number of rotatable bonds is 3. The van der Waals surface area contributed by atoms with E-state index in [-0.39, 0.29) is 12.0 Å². The van der Waals surface area contributed by atoms with Crippen LogP contribution in [0.4, 0.5) is 5.82 Å². The van der Waals surface area contributed by atoms with Gasteiger partial charge in [0.25, 0.3) is 0 Å². The molecule has 0 saturated carbocycles. The Labute approximate surface area is 128 Å². The van der Waals surface area contributed by atoms with E-state index in [1.807, 2.05) is 18.2 Å². The molecule has 5 nitrogen and oxygen atoms in total. The monoisotopic (exact) mass is 304 g/mol. The Kier molecular flexibility index (Phi) is 3.96. The number of nitrogens with zero attached hydrogens (tertiary/aromatic N) is 1. The largest absolute Gasteiger partial charge is 0.493 e. The van der Waals surface area contributed by atoms with Crippen molar-refractivity contribution in [1.82, 2.24) is 10.4 Å². The van der Waals surface area contributed by atoms with Crippen LogP contribution in [-0.4, -0.2) is 11.6 Å². The summed E-state index contributed by atoms with van der Waals surface area (Å²) in [5.74, 6) is 7.27. The van der Waals surface area contributed by atoms with Gasteiger partial charge in [-0.1, -0.05) is 29.8 Å². The highest BCUT2D eigenvalue weighted by molar-refractivity contribution is 6.30. The third-order valence-electron chi connectivity index (χ3n) is 3.81. The molecule has 2 unspecified atom stereocenters. The SMILES string of the molecule is NNC(c1cc(Cl)cnc1N)C1COc2ccccc2C1. The summed E-state index contributed by atoms with van der Waals surface area (Å²) in [5, 5.41) is 0.538. The van der Waals surface area contributed by atoms with Crippen molar-refractivity contribution in [1.29, 1.82) is 0 Å². The minimum atomic E-state index is -0.162. The van der Waals surface area contributed by atoms with Gasteiger partial charge in [0, 0.05) is 17.7 Å². The molecule has 0 bridgehead atoms. The van der Waals surface area contributed by atoms with E-state index in [4.69, 9.17) is 27.9 Å². The number of fused-ring (bicyclic) bond motifs is 1. The van der Waals surface area contributed by atoms with E-state index in [9.17, 15) is 0 Å². The van der Waals surface area contributed by atoms with Gasteiger partial charge in [-0.15, -0.1) is 0 Å². The molecule has 0 aliphatic carbocycles. The molecule has 0 amide bonds. The molecular weight excluding hydrogens is 288 g/mol. The highest BCUT2D eigenvalue weighted by Crippen LogP contribution is 2.35. The van der Waals surface area contributed by atoms with Gasteiger partial charge in [-0.25, -0.2) is 4.98 Å². The average molecular weight is 305 g/mol. The molecule has 2 heterocycles. The van der Waals surface area contributed by atoms with E-state index in [0.29, 0.717) is 17.4 Å². The van der Waals surface area contributed by atoms with E-state index in [0.717, 1.165) is 17.7 Å². The fourth-order valence-corrected chi connectivity index (χ4v) is 2.93. The van der Waals surface area contributed by atoms with Crippen LogP contribution in [0, 0.1) is 5.92 Å². The van der Waals surface area contributed by atoms with E-state index < -0.39 is 0 Å². The van der Waals surface area contributed by atoms with Crippen LogP contribution in [-0.2, 0) is 6.42 Å². The van der Waals surface area contributed by atoms with Crippen molar-refractivity contribution in [2.45, 2.75) is 12.5 Å². The van der Waals surface area contributed by atoms with Gasteiger partial charge in [0.15, 0.2) is 0 Å². The molecular formula is C15H17ClN4O. The highest BCUT2D eigenvalue weighted by Gasteiger charge is 2.29. The average Bonchev–Trinajstić information content (AvgIpc) is 2.51. The molecule has 5 N–H and O–H groups in total. The summed E-state index contributed by atoms with van der Waals surface area (Å²) in [5.41, 5.74) is 10.8. The summed E-state index contributed by atoms with van der Waals surface area (Å²) in [7, 11) is 0. The van der Waals surface area contributed by atoms with Gasteiger partial charge in [-0.05, 0) is 24.1 Å². The van der Waals surface area contributed by atoms with Crippen LogP contribution in [0.1, 0.15) is 17.2 Å². The Hall–Kier alpha value is -1.82. The highest BCUT2D eigenvalue weighted by atomic mass is 35.5. The minimum Gasteiger partial charge on any atom is -0.493 e. The number of ether oxygens (including phenoxy) is 1. The molecule has 110 valence electrons. The van der Waals surface area contributed by atoms with Crippen LogP contribution >= 0.6 is 11.6 Å². The van der Waals surface area contributed by atoms with Crippen molar-refractivity contribution in [3.63, 3.8) is 0 Å². The first kappa shape index (κ1) is 14.1. The van der Waals surface area contributed by atoms with Crippen molar-refractivity contribution in [3.8, 4) is 5.75 Å². The summed E-state index contributed by atoms with van der Waals surface area (Å²) in [6, 6.07) is 9.65.